The minimum Gasteiger partial charge on any atom is -0.502 e. The average Bonchev–Trinajstić information content (AvgIpc) is 1.82. The second kappa shape index (κ2) is 3.15. The van der Waals surface area contributed by atoms with Crippen LogP contribution in [0.15, 0.2) is 12.1 Å². The predicted molar refractivity (Wildman–Crippen MR) is 46.4 cm³/mol. The highest BCUT2D eigenvalue weighted by Crippen LogP contribution is 2.28. The maximum atomic E-state index is 9.16. The Morgan fingerprint density at radius 3 is 2.60 bits per heavy atom. The van der Waals surface area contributed by atoms with Crippen LogP contribution in [0.1, 0.15) is 0 Å². The zero-order chi connectivity index (χ0) is 7.72. The van der Waals surface area contributed by atoms with Gasteiger partial charge in [0.05, 0.1) is 3.57 Å². The molecule has 1 nitrogen and oxygen atoms in total. The van der Waals surface area contributed by atoms with E-state index in [1.807, 2.05) is 22.6 Å². The molecule has 0 amide bonds. The zero-order valence-corrected chi connectivity index (χ0v) is 8.50. The fourth-order valence-electron chi connectivity index (χ4n) is 0.542. The second-order valence-corrected chi connectivity index (χ2v) is 3.77. The Hall–Kier alpha value is 0.330. The van der Waals surface area contributed by atoms with E-state index in [1.54, 1.807) is 12.1 Å². The number of aromatic hydroxyl groups is 1. The van der Waals surface area contributed by atoms with E-state index in [2.05, 4.69) is 0 Å². The van der Waals surface area contributed by atoms with Crippen LogP contribution in [0.4, 0.5) is 0 Å². The molecule has 0 aliphatic rings. The lowest BCUT2D eigenvalue weighted by atomic mass is 10.3. The van der Waals surface area contributed by atoms with E-state index in [-0.39, 0.29) is 5.75 Å². The maximum absolute atomic E-state index is 9.16. The Morgan fingerprint density at radius 1 is 1.50 bits per heavy atom. The fraction of sp³-hybridized carbons (Fsp3) is 0. The van der Waals surface area contributed by atoms with Crippen LogP contribution >= 0.6 is 34.2 Å². The lowest BCUT2D eigenvalue weighted by molar-refractivity contribution is -0.291. The molecule has 0 atom stereocenters. The van der Waals surface area contributed by atoms with Crippen molar-refractivity contribution in [1.82, 2.24) is 0 Å². The van der Waals surface area contributed by atoms with Gasteiger partial charge in [0.25, 0.3) is 5.02 Å². The highest BCUT2D eigenvalue weighted by atomic mass is 127. The molecule has 0 aliphatic heterocycles. The van der Waals surface area contributed by atoms with Crippen LogP contribution in [-0.4, -0.2) is 5.11 Å². The van der Waals surface area contributed by atoms with Crippen LogP contribution < -0.4 is 0 Å². The van der Waals surface area contributed by atoms with Crippen LogP contribution in [0.3, 0.4) is 0 Å². The molecular formula is C6H4Cl2IO+. The summed E-state index contributed by atoms with van der Waals surface area (Å²) in [5.74, 6) is 0.139. The lowest BCUT2D eigenvalue weighted by Crippen LogP contribution is -1.77. The van der Waals surface area contributed by atoms with Crippen molar-refractivity contribution < 1.29 is 16.7 Å². The number of benzene rings is 1. The first-order valence-electron chi connectivity index (χ1n) is 2.46. The SMILES string of the molecule is Oc1c([ClH+])cc(Cl)cc1I. The Bertz CT molecular complexity index is 239. The molecule has 10 heavy (non-hydrogen) atoms. The number of phenolic OH excluding ortho intramolecular Hbond substituents is 1. The fourth-order valence-corrected chi connectivity index (χ4v) is 2.06. The number of halogens is 3. The summed E-state index contributed by atoms with van der Waals surface area (Å²) in [6, 6.07) is 3.21. The van der Waals surface area contributed by atoms with E-state index in [4.69, 9.17) is 28.3 Å². The van der Waals surface area contributed by atoms with E-state index >= 15 is 0 Å². The number of rotatable bonds is 0. The van der Waals surface area contributed by atoms with E-state index in [9.17, 15) is 0 Å². The van der Waals surface area contributed by atoms with Gasteiger partial charge >= 0.3 is 0 Å². The number of hydrogen-bond donors (Lipinski definition) is 1. The Morgan fingerprint density at radius 2 is 2.10 bits per heavy atom. The first-order valence-corrected chi connectivity index (χ1v) is 4.33. The quantitative estimate of drug-likeness (QED) is 0.727. The van der Waals surface area contributed by atoms with Gasteiger partial charge in [-0.1, -0.05) is 11.6 Å². The summed E-state index contributed by atoms with van der Waals surface area (Å²) in [7, 11) is 0. The summed E-state index contributed by atoms with van der Waals surface area (Å²) in [5, 5.41) is 10.1. The van der Waals surface area contributed by atoms with Gasteiger partial charge in [-0.2, -0.15) is 0 Å². The average molecular weight is 290 g/mol. The zero-order valence-electron chi connectivity index (χ0n) is 4.77. The third-order valence-corrected chi connectivity index (χ3v) is 2.34. The highest BCUT2D eigenvalue weighted by Gasteiger charge is 2.10. The first-order chi connectivity index (χ1) is 4.61. The van der Waals surface area contributed by atoms with Crippen molar-refractivity contribution in [1.29, 1.82) is 0 Å². The van der Waals surface area contributed by atoms with Crippen LogP contribution in [0.25, 0.3) is 0 Å². The molecular weight excluding hydrogens is 286 g/mol. The Labute approximate surface area is 82.1 Å². The summed E-state index contributed by atoms with van der Waals surface area (Å²) >= 11 is 12.4. The van der Waals surface area contributed by atoms with Gasteiger partial charge in [-0.05, 0) is 28.7 Å². The van der Waals surface area contributed by atoms with Crippen molar-refractivity contribution in [3.63, 3.8) is 0 Å². The number of hydrogen-bond acceptors (Lipinski definition) is 1. The van der Waals surface area contributed by atoms with Gasteiger partial charge < -0.3 is 5.11 Å². The molecule has 0 bridgehead atoms. The van der Waals surface area contributed by atoms with Crippen LogP contribution in [0.5, 0.6) is 5.75 Å². The van der Waals surface area contributed by atoms with Crippen LogP contribution in [0, 0.1) is 15.2 Å². The molecule has 1 aromatic carbocycles. The minimum absolute atomic E-state index is 0.139. The first kappa shape index (κ1) is 8.43. The molecule has 0 unspecified atom stereocenters. The molecule has 0 radical (unpaired) electrons. The molecule has 4 heteroatoms. The largest absolute Gasteiger partial charge is 0.502 e. The number of phenols is 1. The summed E-state index contributed by atoms with van der Waals surface area (Å²) in [4.78, 5) is 0. The molecule has 0 spiro atoms. The second-order valence-electron chi connectivity index (χ2n) is 1.73. The molecule has 0 fully saturated rings. The summed E-state index contributed by atoms with van der Waals surface area (Å²) < 4.78 is 0.690. The highest BCUT2D eigenvalue weighted by molar-refractivity contribution is 14.1. The van der Waals surface area contributed by atoms with Gasteiger partial charge in [0, 0.05) is 11.1 Å². The topological polar surface area (TPSA) is 20.2 Å². The third kappa shape index (κ3) is 1.68. The lowest BCUT2D eigenvalue weighted by Gasteiger charge is -1.94. The molecule has 54 valence electrons. The van der Waals surface area contributed by atoms with Crippen molar-refractivity contribution in [2.45, 2.75) is 0 Å². The molecule has 0 saturated heterocycles. The van der Waals surface area contributed by atoms with Crippen molar-refractivity contribution in [2.24, 2.45) is 0 Å². The molecule has 0 aromatic heterocycles. The normalized spacial score (nSPS) is 9.90. The van der Waals surface area contributed by atoms with Gasteiger partial charge in [-0.25, -0.2) is 0 Å². The summed E-state index contributed by atoms with van der Waals surface area (Å²) in [6.45, 7) is 0. The van der Waals surface area contributed by atoms with Gasteiger partial charge in [-0.15, -0.1) is 0 Å². The maximum Gasteiger partial charge on any atom is 0.269 e. The molecule has 1 N–H and O–H groups in total. The monoisotopic (exact) mass is 289 g/mol. The smallest absolute Gasteiger partial charge is 0.269 e. The molecule has 0 heterocycles. The van der Waals surface area contributed by atoms with Gasteiger partial charge in [0.15, 0.2) is 17.4 Å². The Balaban J connectivity index is 3.31. The van der Waals surface area contributed by atoms with E-state index in [0.717, 1.165) is 0 Å². The summed E-state index contributed by atoms with van der Waals surface area (Å²) in [5.41, 5.74) is 0. The molecule has 1 rings (SSSR count). The third-order valence-electron chi connectivity index (χ3n) is 0.993. The van der Waals surface area contributed by atoms with Crippen LogP contribution in [-0.2, 0) is 0 Å². The predicted octanol–water partition coefficient (Wildman–Crippen LogP) is 2.35. The van der Waals surface area contributed by atoms with Gasteiger partial charge in [-0.3, -0.25) is 0 Å². The van der Waals surface area contributed by atoms with E-state index in [1.165, 1.54) is 0 Å². The van der Waals surface area contributed by atoms with Crippen LogP contribution in [0.2, 0.25) is 10.0 Å². The summed E-state index contributed by atoms with van der Waals surface area (Å²) in [6.07, 6.45) is 0. The van der Waals surface area contributed by atoms with Crippen molar-refractivity contribution in [2.75, 3.05) is 0 Å². The van der Waals surface area contributed by atoms with Crippen molar-refractivity contribution in [3.05, 3.63) is 25.7 Å². The van der Waals surface area contributed by atoms with Crippen molar-refractivity contribution >= 4 is 34.2 Å². The van der Waals surface area contributed by atoms with Crippen molar-refractivity contribution in [3.8, 4) is 5.75 Å². The van der Waals surface area contributed by atoms with Gasteiger partial charge in [0.1, 0.15) is 0 Å². The molecule has 1 aromatic rings. The standard InChI is InChI=1S/C6H3Cl2IO/c7-3-1-4(8)6(10)5(9)2-3/h1-2,8H/p+1. The van der Waals surface area contributed by atoms with Gasteiger partial charge in [0.2, 0.25) is 0 Å². The minimum atomic E-state index is 0.139. The van der Waals surface area contributed by atoms with E-state index in [0.29, 0.717) is 13.6 Å². The molecule has 0 saturated carbocycles. The molecule has 0 aliphatic carbocycles. The van der Waals surface area contributed by atoms with E-state index < -0.39 is 0 Å². The Kier molecular flexibility index (Phi) is 2.66.